The van der Waals surface area contributed by atoms with Crippen molar-refractivity contribution in [1.29, 1.82) is 0 Å². The predicted octanol–water partition coefficient (Wildman–Crippen LogP) is 1.18. The van der Waals surface area contributed by atoms with Crippen LogP contribution in [0.2, 0.25) is 0 Å². The first-order valence-electron chi connectivity index (χ1n) is 7.23. The summed E-state index contributed by atoms with van der Waals surface area (Å²) in [4.78, 5) is 0.324. The van der Waals surface area contributed by atoms with E-state index >= 15 is 0 Å². The minimum atomic E-state index is -3.46. The molecule has 122 valence electrons. The van der Waals surface area contributed by atoms with E-state index in [-0.39, 0.29) is 6.10 Å². The van der Waals surface area contributed by atoms with E-state index in [9.17, 15) is 8.42 Å². The highest BCUT2D eigenvalue weighted by molar-refractivity contribution is 7.89. The number of hydrogen-bond acceptors (Lipinski definition) is 4. The highest BCUT2D eigenvalue weighted by atomic mass is 32.2. The Bertz CT molecular complexity index is 538. The Kier molecular flexibility index (Phi) is 6.86. The number of nitrogens with zero attached hydrogens (tertiary/aromatic N) is 2. The van der Waals surface area contributed by atoms with Crippen LogP contribution in [0, 0.1) is 0 Å². The van der Waals surface area contributed by atoms with Gasteiger partial charge in [-0.2, -0.15) is 4.31 Å². The molecular formula is C14H27N3O3S. The van der Waals surface area contributed by atoms with Crippen LogP contribution in [0.5, 0.6) is 0 Å². The van der Waals surface area contributed by atoms with Crippen LogP contribution in [0.1, 0.15) is 26.5 Å². The number of rotatable bonds is 9. The second-order valence-electron chi connectivity index (χ2n) is 5.30. The van der Waals surface area contributed by atoms with Crippen molar-refractivity contribution in [2.45, 2.75) is 38.3 Å². The molecule has 0 amide bonds. The fourth-order valence-corrected chi connectivity index (χ4v) is 3.12. The molecule has 0 atom stereocenters. The van der Waals surface area contributed by atoms with E-state index in [1.54, 1.807) is 19.3 Å². The zero-order valence-corrected chi connectivity index (χ0v) is 14.4. The maximum atomic E-state index is 12.5. The number of ether oxygens (including phenoxy) is 1. The van der Waals surface area contributed by atoms with Gasteiger partial charge in [-0.25, -0.2) is 8.42 Å². The van der Waals surface area contributed by atoms with Gasteiger partial charge in [0.25, 0.3) is 0 Å². The molecular weight excluding hydrogens is 290 g/mol. The molecule has 0 fully saturated rings. The first-order valence-corrected chi connectivity index (χ1v) is 8.67. The van der Waals surface area contributed by atoms with Crippen molar-refractivity contribution in [3.8, 4) is 0 Å². The molecule has 0 saturated carbocycles. The van der Waals surface area contributed by atoms with Gasteiger partial charge in [-0.1, -0.05) is 6.92 Å². The van der Waals surface area contributed by atoms with Crippen molar-refractivity contribution in [3.63, 3.8) is 0 Å². The van der Waals surface area contributed by atoms with E-state index in [0.29, 0.717) is 24.6 Å². The molecule has 0 aliphatic rings. The Hall–Kier alpha value is -0.890. The minimum Gasteiger partial charge on any atom is -0.377 e. The normalized spacial score (nSPS) is 12.5. The van der Waals surface area contributed by atoms with E-state index in [1.807, 2.05) is 32.4 Å². The number of aryl methyl sites for hydroxylation is 1. The van der Waals surface area contributed by atoms with Crippen molar-refractivity contribution in [2.75, 3.05) is 26.7 Å². The lowest BCUT2D eigenvalue weighted by Gasteiger charge is -2.17. The molecule has 1 N–H and O–H groups in total. The third-order valence-electron chi connectivity index (χ3n) is 3.20. The summed E-state index contributed by atoms with van der Waals surface area (Å²) in [7, 11) is -0.0248. The van der Waals surface area contributed by atoms with Gasteiger partial charge in [0.05, 0.1) is 12.7 Å². The van der Waals surface area contributed by atoms with Crippen molar-refractivity contribution < 1.29 is 13.2 Å². The van der Waals surface area contributed by atoms with Gasteiger partial charge in [0.15, 0.2) is 0 Å². The van der Waals surface area contributed by atoms with Crippen LogP contribution in [0.15, 0.2) is 17.2 Å². The zero-order chi connectivity index (χ0) is 16.0. The molecule has 0 unspecified atom stereocenters. The molecule has 0 aliphatic carbocycles. The summed E-state index contributed by atoms with van der Waals surface area (Å²) in [6.45, 7) is 8.12. The molecule has 6 nitrogen and oxygen atoms in total. The smallest absolute Gasteiger partial charge is 0.244 e. The third kappa shape index (κ3) is 5.10. The minimum absolute atomic E-state index is 0.101. The van der Waals surface area contributed by atoms with Gasteiger partial charge in [0, 0.05) is 39.1 Å². The average molecular weight is 317 g/mol. The monoisotopic (exact) mass is 317 g/mol. The van der Waals surface area contributed by atoms with Crippen LogP contribution in [0.3, 0.4) is 0 Å². The van der Waals surface area contributed by atoms with Gasteiger partial charge in [-0.05, 0) is 26.5 Å². The van der Waals surface area contributed by atoms with E-state index < -0.39 is 10.0 Å². The molecule has 1 aromatic heterocycles. The van der Waals surface area contributed by atoms with Crippen LogP contribution in [0.25, 0.3) is 0 Å². The van der Waals surface area contributed by atoms with Gasteiger partial charge in [-0.3, -0.25) is 0 Å². The van der Waals surface area contributed by atoms with Gasteiger partial charge in [0.2, 0.25) is 10.0 Å². The highest BCUT2D eigenvalue weighted by Crippen LogP contribution is 2.17. The highest BCUT2D eigenvalue weighted by Gasteiger charge is 2.22. The summed E-state index contributed by atoms with van der Waals surface area (Å²) in [6, 6.07) is 1.72. The largest absolute Gasteiger partial charge is 0.377 e. The molecule has 21 heavy (non-hydrogen) atoms. The molecule has 7 heteroatoms. The number of nitrogens with one attached hydrogen (secondary N) is 1. The fourth-order valence-electron chi connectivity index (χ4n) is 1.86. The molecule has 1 heterocycles. The van der Waals surface area contributed by atoms with Crippen LogP contribution >= 0.6 is 0 Å². The average Bonchev–Trinajstić information content (AvgIpc) is 2.77. The standard InChI is InChI=1S/C14H27N3O3S/c1-6-15-10-13-9-14(11-16(13)4)21(18,19)17(5)7-8-20-12(2)3/h9,11-12,15H,6-8,10H2,1-5H3. The summed E-state index contributed by atoms with van der Waals surface area (Å²) in [5.41, 5.74) is 0.947. The second kappa shape index (κ2) is 7.93. The molecule has 1 rings (SSSR count). The Labute approximate surface area is 128 Å². The molecule has 0 aliphatic heterocycles. The lowest BCUT2D eigenvalue weighted by molar-refractivity contribution is 0.0737. The molecule has 0 bridgehead atoms. The quantitative estimate of drug-likeness (QED) is 0.743. The Morgan fingerprint density at radius 3 is 2.67 bits per heavy atom. The molecule has 0 radical (unpaired) electrons. The second-order valence-corrected chi connectivity index (χ2v) is 7.35. The maximum absolute atomic E-state index is 12.5. The van der Waals surface area contributed by atoms with Gasteiger partial charge in [0.1, 0.15) is 4.90 Å². The van der Waals surface area contributed by atoms with Crippen LogP contribution < -0.4 is 5.32 Å². The van der Waals surface area contributed by atoms with Crippen molar-refractivity contribution >= 4 is 10.0 Å². The summed E-state index contributed by atoms with van der Waals surface area (Å²) in [5, 5.41) is 3.20. The lowest BCUT2D eigenvalue weighted by Crippen LogP contribution is -2.30. The van der Waals surface area contributed by atoms with Crippen molar-refractivity contribution in [2.24, 2.45) is 7.05 Å². The lowest BCUT2D eigenvalue weighted by atomic mass is 10.4. The van der Waals surface area contributed by atoms with Crippen LogP contribution in [0.4, 0.5) is 0 Å². The Morgan fingerprint density at radius 1 is 1.43 bits per heavy atom. The summed E-state index contributed by atoms with van der Waals surface area (Å²) >= 11 is 0. The summed E-state index contributed by atoms with van der Waals surface area (Å²) in [6.07, 6.45) is 1.76. The molecule has 0 spiro atoms. The van der Waals surface area contributed by atoms with Crippen LogP contribution in [-0.4, -0.2) is 50.1 Å². The summed E-state index contributed by atoms with van der Waals surface area (Å²) in [5.74, 6) is 0. The first-order chi connectivity index (χ1) is 9.78. The third-order valence-corrected chi connectivity index (χ3v) is 5.03. The SMILES string of the molecule is CCNCc1cc(S(=O)(=O)N(C)CCOC(C)C)cn1C. The van der Waals surface area contributed by atoms with Gasteiger partial charge in [-0.15, -0.1) is 0 Å². The molecule has 0 aromatic carbocycles. The predicted molar refractivity (Wildman–Crippen MR) is 83.7 cm³/mol. The number of hydrogen-bond donors (Lipinski definition) is 1. The Balaban J connectivity index is 2.77. The topological polar surface area (TPSA) is 63.6 Å². The van der Waals surface area contributed by atoms with Crippen molar-refractivity contribution in [1.82, 2.24) is 14.2 Å². The van der Waals surface area contributed by atoms with Gasteiger partial charge < -0.3 is 14.6 Å². The fraction of sp³-hybridized carbons (Fsp3) is 0.714. The van der Waals surface area contributed by atoms with E-state index in [1.165, 1.54) is 4.31 Å². The zero-order valence-electron chi connectivity index (χ0n) is 13.6. The number of likely N-dealkylation sites (N-methyl/N-ethyl adjacent to an activating group) is 1. The number of aromatic nitrogens is 1. The van der Waals surface area contributed by atoms with E-state index in [4.69, 9.17) is 4.74 Å². The summed E-state index contributed by atoms with van der Waals surface area (Å²) < 4.78 is 33.5. The van der Waals surface area contributed by atoms with E-state index in [2.05, 4.69) is 5.32 Å². The molecule has 0 saturated heterocycles. The Morgan fingerprint density at radius 2 is 2.10 bits per heavy atom. The van der Waals surface area contributed by atoms with E-state index in [0.717, 1.165) is 12.2 Å². The van der Waals surface area contributed by atoms with Crippen LogP contribution in [-0.2, 0) is 28.4 Å². The van der Waals surface area contributed by atoms with Crippen molar-refractivity contribution in [3.05, 3.63) is 18.0 Å². The molecule has 1 aromatic rings. The maximum Gasteiger partial charge on any atom is 0.244 e. The first kappa shape index (κ1) is 18.2. The number of sulfonamides is 1. The van der Waals surface area contributed by atoms with Gasteiger partial charge >= 0.3 is 0 Å².